The fraction of sp³-hybridized carbons (Fsp3) is 0. The SMILES string of the molecule is Oc1cccc(O)c1.[Bi]. The first-order valence-corrected chi connectivity index (χ1v) is 2.27. The van der Waals surface area contributed by atoms with Crippen LogP contribution in [0, 0.1) is 0 Å². The molecule has 47 valence electrons. The number of rotatable bonds is 0. The summed E-state index contributed by atoms with van der Waals surface area (Å²) in [5, 5.41) is 17.3. The van der Waals surface area contributed by atoms with Gasteiger partial charge in [-0.3, -0.25) is 0 Å². The minimum absolute atomic E-state index is 0. The predicted octanol–water partition coefficient (Wildman–Crippen LogP) is 0.717. The maximum Gasteiger partial charge on any atom is 0.119 e. The molecule has 0 aliphatic heterocycles. The Morgan fingerprint density at radius 1 is 1.00 bits per heavy atom. The maximum atomic E-state index is 8.65. The third-order valence-electron chi connectivity index (χ3n) is 0.830. The average Bonchev–Trinajstić information content (AvgIpc) is 1.64. The molecule has 0 heterocycles. The molecule has 0 saturated carbocycles. The van der Waals surface area contributed by atoms with Crippen LogP contribution >= 0.6 is 0 Å². The largest absolute Gasteiger partial charge is 0.508 e. The maximum absolute atomic E-state index is 8.65. The van der Waals surface area contributed by atoms with Crippen LogP contribution in [0.4, 0.5) is 0 Å². The molecule has 0 unspecified atom stereocenters. The molecule has 2 nitrogen and oxygen atoms in total. The number of phenols is 2. The third kappa shape index (κ3) is 2.66. The van der Waals surface area contributed by atoms with E-state index in [4.69, 9.17) is 10.2 Å². The Morgan fingerprint density at radius 2 is 1.44 bits per heavy atom. The topological polar surface area (TPSA) is 40.5 Å². The molecule has 0 atom stereocenters. The summed E-state index contributed by atoms with van der Waals surface area (Å²) in [7, 11) is 0. The van der Waals surface area contributed by atoms with Crippen LogP contribution < -0.4 is 0 Å². The molecule has 0 saturated heterocycles. The van der Waals surface area contributed by atoms with Gasteiger partial charge in [-0.15, -0.1) is 0 Å². The summed E-state index contributed by atoms with van der Waals surface area (Å²) in [6.45, 7) is 0. The van der Waals surface area contributed by atoms with Gasteiger partial charge in [0.25, 0.3) is 0 Å². The predicted molar refractivity (Wildman–Crippen MR) is 35.5 cm³/mol. The fourth-order valence-corrected chi connectivity index (χ4v) is 0.493. The van der Waals surface area contributed by atoms with E-state index >= 15 is 0 Å². The Kier molecular flexibility index (Phi) is 3.55. The molecule has 1 rings (SSSR count). The number of phenolic OH excluding ortho intramolecular Hbond substituents is 2. The summed E-state index contributed by atoms with van der Waals surface area (Å²) in [6, 6.07) is 5.85. The molecular weight excluding hydrogens is 313 g/mol. The Balaban J connectivity index is 0.000000640. The van der Waals surface area contributed by atoms with Crippen molar-refractivity contribution in [2.24, 2.45) is 0 Å². The standard InChI is InChI=1S/C6H6O2.Bi/c7-5-2-1-3-6(8)4-5;/h1-4,7-8H;. The molecule has 3 heteroatoms. The van der Waals surface area contributed by atoms with Gasteiger partial charge in [0.05, 0.1) is 0 Å². The Hall–Kier alpha value is -0.297. The van der Waals surface area contributed by atoms with Crippen LogP contribution in [0.5, 0.6) is 11.5 Å². The first-order chi connectivity index (χ1) is 3.79. The molecule has 2 N–H and O–H groups in total. The van der Waals surface area contributed by atoms with Gasteiger partial charge in [-0.1, -0.05) is 6.07 Å². The van der Waals surface area contributed by atoms with E-state index < -0.39 is 0 Å². The molecule has 3 radical (unpaired) electrons. The van der Waals surface area contributed by atoms with E-state index in [0.717, 1.165) is 0 Å². The summed E-state index contributed by atoms with van der Waals surface area (Å²) < 4.78 is 0. The summed E-state index contributed by atoms with van der Waals surface area (Å²) in [6.07, 6.45) is 0. The summed E-state index contributed by atoms with van der Waals surface area (Å²) in [4.78, 5) is 0. The van der Waals surface area contributed by atoms with E-state index in [1.54, 1.807) is 6.07 Å². The molecule has 1 aromatic carbocycles. The van der Waals surface area contributed by atoms with E-state index in [9.17, 15) is 0 Å². The van der Waals surface area contributed by atoms with Crippen molar-refractivity contribution in [2.45, 2.75) is 0 Å². The van der Waals surface area contributed by atoms with Gasteiger partial charge in [0.15, 0.2) is 0 Å². The molecule has 0 aliphatic carbocycles. The first-order valence-electron chi connectivity index (χ1n) is 2.27. The van der Waals surface area contributed by atoms with Gasteiger partial charge >= 0.3 is 0 Å². The van der Waals surface area contributed by atoms with Crippen LogP contribution in [0.15, 0.2) is 24.3 Å². The van der Waals surface area contributed by atoms with E-state index in [-0.39, 0.29) is 37.7 Å². The minimum atomic E-state index is 0. The van der Waals surface area contributed by atoms with Gasteiger partial charge in [0.2, 0.25) is 0 Å². The van der Waals surface area contributed by atoms with Crippen LogP contribution in [-0.2, 0) is 0 Å². The van der Waals surface area contributed by atoms with E-state index in [1.165, 1.54) is 18.2 Å². The van der Waals surface area contributed by atoms with Crippen LogP contribution in [0.3, 0.4) is 0 Å². The summed E-state index contributed by atoms with van der Waals surface area (Å²) >= 11 is 0. The van der Waals surface area contributed by atoms with Crippen molar-refractivity contribution in [3.8, 4) is 11.5 Å². The van der Waals surface area contributed by atoms with Crippen molar-refractivity contribution in [3.05, 3.63) is 24.3 Å². The van der Waals surface area contributed by atoms with E-state index in [1.807, 2.05) is 0 Å². The Morgan fingerprint density at radius 3 is 1.67 bits per heavy atom. The molecule has 0 bridgehead atoms. The van der Waals surface area contributed by atoms with Crippen molar-refractivity contribution < 1.29 is 10.2 Å². The van der Waals surface area contributed by atoms with E-state index in [0.29, 0.717) is 0 Å². The van der Waals surface area contributed by atoms with Gasteiger partial charge in [0.1, 0.15) is 11.5 Å². The molecule has 9 heavy (non-hydrogen) atoms. The van der Waals surface area contributed by atoms with Crippen molar-refractivity contribution in [3.63, 3.8) is 0 Å². The van der Waals surface area contributed by atoms with Gasteiger partial charge < -0.3 is 10.2 Å². The molecule has 0 amide bonds. The molecule has 0 aliphatic rings. The van der Waals surface area contributed by atoms with Crippen molar-refractivity contribution in [2.75, 3.05) is 0 Å². The van der Waals surface area contributed by atoms with Crippen molar-refractivity contribution >= 4 is 26.2 Å². The number of benzene rings is 1. The van der Waals surface area contributed by atoms with Crippen molar-refractivity contribution in [1.29, 1.82) is 0 Å². The minimum Gasteiger partial charge on any atom is -0.508 e. The molecule has 1 aromatic rings. The van der Waals surface area contributed by atoms with Crippen LogP contribution in [0.1, 0.15) is 0 Å². The van der Waals surface area contributed by atoms with Gasteiger partial charge in [-0.05, 0) is 12.1 Å². The monoisotopic (exact) mass is 319 g/mol. The number of hydrogen-bond donors (Lipinski definition) is 2. The number of hydrogen-bond acceptors (Lipinski definition) is 2. The molecular formula is C6H6BiO2. The smallest absolute Gasteiger partial charge is 0.119 e. The first kappa shape index (κ1) is 8.70. The average molecular weight is 319 g/mol. The quantitative estimate of drug-likeness (QED) is 0.692. The second-order valence-electron chi connectivity index (χ2n) is 1.52. The van der Waals surface area contributed by atoms with Gasteiger partial charge in [-0.25, -0.2) is 0 Å². The van der Waals surface area contributed by atoms with E-state index in [2.05, 4.69) is 0 Å². The fourth-order valence-electron chi connectivity index (χ4n) is 0.493. The van der Waals surface area contributed by atoms with Crippen LogP contribution in [0.2, 0.25) is 0 Å². The molecule has 0 aromatic heterocycles. The normalized spacial score (nSPS) is 8.00. The zero-order chi connectivity index (χ0) is 5.98. The Bertz CT molecular complexity index is 171. The summed E-state index contributed by atoms with van der Waals surface area (Å²) in [5.74, 6) is 0.176. The van der Waals surface area contributed by atoms with Gasteiger partial charge in [0, 0.05) is 32.3 Å². The zero-order valence-corrected chi connectivity index (χ0v) is 8.13. The third-order valence-corrected chi connectivity index (χ3v) is 0.830. The second kappa shape index (κ2) is 3.68. The molecule has 0 spiro atoms. The van der Waals surface area contributed by atoms with Gasteiger partial charge in [-0.2, -0.15) is 0 Å². The Labute approximate surface area is 72.3 Å². The van der Waals surface area contributed by atoms with Crippen molar-refractivity contribution in [1.82, 2.24) is 0 Å². The van der Waals surface area contributed by atoms with Crippen LogP contribution in [-0.4, -0.2) is 36.4 Å². The van der Waals surface area contributed by atoms with Crippen LogP contribution in [0.25, 0.3) is 0 Å². The zero-order valence-electron chi connectivity index (χ0n) is 4.65. The number of aromatic hydroxyl groups is 2. The molecule has 0 fully saturated rings. The summed E-state index contributed by atoms with van der Waals surface area (Å²) in [5.41, 5.74) is 0. The second-order valence-corrected chi connectivity index (χ2v) is 1.52.